The highest BCUT2D eigenvalue weighted by Crippen LogP contribution is 2.61. The van der Waals surface area contributed by atoms with Gasteiger partial charge < -0.3 is 5.32 Å². The Kier molecular flexibility index (Phi) is 2.51. The lowest BCUT2D eigenvalue weighted by Crippen LogP contribution is -2.55. The summed E-state index contributed by atoms with van der Waals surface area (Å²) in [5.74, 6) is 5.96. The molecule has 0 amide bonds. The molecule has 0 aliphatic heterocycles. The summed E-state index contributed by atoms with van der Waals surface area (Å²) in [5.41, 5.74) is 0.565. The molecular weight excluding hydrogens is 194 g/mol. The summed E-state index contributed by atoms with van der Waals surface area (Å²) >= 11 is 0. The fraction of sp³-hybridized carbons (Fsp3) is 0.867. The Balaban J connectivity index is 1.84. The molecular formula is C15H23N. The minimum atomic E-state index is 0.565. The van der Waals surface area contributed by atoms with Gasteiger partial charge in [-0.1, -0.05) is 0 Å². The summed E-state index contributed by atoms with van der Waals surface area (Å²) in [6.07, 6.45) is 15.4. The van der Waals surface area contributed by atoms with E-state index >= 15 is 0 Å². The predicted molar refractivity (Wildman–Crippen MR) is 66.9 cm³/mol. The van der Waals surface area contributed by atoms with Crippen molar-refractivity contribution in [3.8, 4) is 12.3 Å². The van der Waals surface area contributed by atoms with Crippen LogP contribution in [0.2, 0.25) is 0 Å². The minimum absolute atomic E-state index is 0.565. The standard InChI is InChI=1S/C15H23N/c1-3-4-14(16-2)15-8-11-5-12(9-15)7-13(6-11)10-15/h1,11-14,16H,4-10H2,2H3. The molecule has 0 saturated heterocycles. The molecule has 4 saturated carbocycles. The van der Waals surface area contributed by atoms with Crippen LogP contribution in [0, 0.1) is 35.5 Å². The first-order valence-electron chi connectivity index (χ1n) is 6.86. The van der Waals surface area contributed by atoms with Gasteiger partial charge in [0, 0.05) is 12.5 Å². The number of nitrogens with one attached hydrogen (secondary N) is 1. The van der Waals surface area contributed by atoms with E-state index in [1.165, 1.54) is 38.5 Å². The van der Waals surface area contributed by atoms with E-state index in [0.717, 1.165) is 24.2 Å². The number of hydrogen-bond acceptors (Lipinski definition) is 1. The lowest BCUT2D eigenvalue weighted by atomic mass is 9.47. The van der Waals surface area contributed by atoms with Gasteiger partial charge in [0.05, 0.1) is 0 Å². The van der Waals surface area contributed by atoms with Gasteiger partial charge in [-0.3, -0.25) is 0 Å². The minimum Gasteiger partial charge on any atom is -0.315 e. The monoisotopic (exact) mass is 217 g/mol. The highest BCUT2D eigenvalue weighted by molar-refractivity contribution is 5.08. The van der Waals surface area contributed by atoms with Crippen LogP contribution in [0.4, 0.5) is 0 Å². The van der Waals surface area contributed by atoms with Crippen molar-refractivity contribution in [2.24, 2.45) is 23.2 Å². The van der Waals surface area contributed by atoms with Gasteiger partial charge in [-0.25, -0.2) is 0 Å². The lowest BCUT2D eigenvalue weighted by Gasteiger charge is -2.59. The van der Waals surface area contributed by atoms with Crippen molar-refractivity contribution in [1.82, 2.24) is 5.32 Å². The van der Waals surface area contributed by atoms with Crippen molar-refractivity contribution in [3.05, 3.63) is 0 Å². The molecule has 4 aliphatic rings. The molecule has 0 spiro atoms. The highest BCUT2D eigenvalue weighted by Gasteiger charge is 2.53. The summed E-state index contributed by atoms with van der Waals surface area (Å²) in [6, 6.07) is 0.575. The molecule has 4 fully saturated rings. The van der Waals surface area contributed by atoms with Crippen LogP contribution in [0.15, 0.2) is 0 Å². The highest BCUT2D eigenvalue weighted by atomic mass is 14.9. The molecule has 88 valence electrons. The Morgan fingerprint density at radius 3 is 2.06 bits per heavy atom. The average Bonchev–Trinajstić information content (AvgIpc) is 2.23. The molecule has 4 aliphatic carbocycles. The molecule has 0 aromatic carbocycles. The Morgan fingerprint density at radius 1 is 1.19 bits per heavy atom. The van der Waals surface area contributed by atoms with Crippen molar-refractivity contribution in [1.29, 1.82) is 0 Å². The Labute approximate surface area is 99.4 Å². The van der Waals surface area contributed by atoms with Crippen molar-refractivity contribution >= 4 is 0 Å². The molecule has 1 heteroatoms. The Morgan fingerprint density at radius 2 is 1.69 bits per heavy atom. The molecule has 1 atom stereocenters. The van der Waals surface area contributed by atoms with Crippen LogP contribution in [0.25, 0.3) is 0 Å². The molecule has 0 radical (unpaired) electrons. The first-order chi connectivity index (χ1) is 7.75. The van der Waals surface area contributed by atoms with Gasteiger partial charge in [0.25, 0.3) is 0 Å². The van der Waals surface area contributed by atoms with Gasteiger partial charge in [0.2, 0.25) is 0 Å². The van der Waals surface area contributed by atoms with Crippen molar-refractivity contribution < 1.29 is 0 Å². The second kappa shape index (κ2) is 3.77. The zero-order valence-electron chi connectivity index (χ0n) is 10.3. The topological polar surface area (TPSA) is 12.0 Å². The first-order valence-corrected chi connectivity index (χ1v) is 6.86. The number of rotatable bonds is 3. The van der Waals surface area contributed by atoms with Crippen LogP contribution in [-0.4, -0.2) is 13.1 Å². The molecule has 1 N–H and O–H groups in total. The fourth-order valence-electron chi connectivity index (χ4n) is 5.35. The van der Waals surface area contributed by atoms with Crippen molar-refractivity contribution in [3.63, 3.8) is 0 Å². The molecule has 1 nitrogen and oxygen atoms in total. The molecule has 4 bridgehead atoms. The van der Waals surface area contributed by atoms with Gasteiger partial charge in [0.15, 0.2) is 0 Å². The zero-order valence-corrected chi connectivity index (χ0v) is 10.3. The number of hydrogen-bond donors (Lipinski definition) is 1. The van der Waals surface area contributed by atoms with Crippen molar-refractivity contribution in [2.75, 3.05) is 7.05 Å². The quantitative estimate of drug-likeness (QED) is 0.717. The fourth-order valence-corrected chi connectivity index (χ4v) is 5.35. The lowest BCUT2D eigenvalue weighted by molar-refractivity contribution is -0.0716. The average molecular weight is 217 g/mol. The Hall–Kier alpha value is -0.480. The van der Waals surface area contributed by atoms with E-state index in [4.69, 9.17) is 6.42 Å². The van der Waals surface area contributed by atoms with Crippen molar-refractivity contribution in [2.45, 2.75) is 51.0 Å². The van der Waals surface area contributed by atoms with Gasteiger partial charge in [-0.05, 0) is 68.7 Å². The summed E-state index contributed by atoms with van der Waals surface area (Å²) in [4.78, 5) is 0. The summed E-state index contributed by atoms with van der Waals surface area (Å²) in [7, 11) is 2.10. The van der Waals surface area contributed by atoms with Gasteiger partial charge >= 0.3 is 0 Å². The van der Waals surface area contributed by atoms with E-state index in [-0.39, 0.29) is 0 Å². The molecule has 0 aromatic heterocycles. The first kappa shape index (κ1) is 10.7. The zero-order chi connectivity index (χ0) is 11.2. The largest absolute Gasteiger partial charge is 0.315 e. The van der Waals surface area contributed by atoms with Gasteiger partial charge in [0.1, 0.15) is 0 Å². The van der Waals surface area contributed by atoms with E-state index < -0.39 is 0 Å². The van der Waals surface area contributed by atoms with E-state index in [2.05, 4.69) is 18.3 Å². The Bertz CT molecular complexity index is 277. The maximum Gasteiger partial charge on any atom is 0.0246 e. The van der Waals surface area contributed by atoms with Crippen LogP contribution >= 0.6 is 0 Å². The van der Waals surface area contributed by atoms with Crippen LogP contribution in [-0.2, 0) is 0 Å². The molecule has 0 aromatic rings. The molecule has 4 rings (SSSR count). The summed E-state index contributed by atoms with van der Waals surface area (Å²) in [5, 5.41) is 3.52. The van der Waals surface area contributed by atoms with Crippen LogP contribution < -0.4 is 5.32 Å². The third-order valence-electron chi connectivity index (χ3n) is 5.50. The van der Waals surface area contributed by atoms with Crippen LogP contribution in [0.1, 0.15) is 44.9 Å². The van der Waals surface area contributed by atoms with E-state index in [1.54, 1.807) is 0 Å². The van der Waals surface area contributed by atoms with E-state index in [9.17, 15) is 0 Å². The molecule has 16 heavy (non-hydrogen) atoms. The normalized spacial score (nSPS) is 46.6. The molecule has 1 unspecified atom stereocenters. The SMILES string of the molecule is C#CCC(NC)C12CC3CC(CC(C3)C1)C2. The van der Waals surface area contributed by atoms with Gasteiger partial charge in [-0.2, -0.15) is 0 Å². The van der Waals surface area contributed by atoms with Crippen LogP contribution in [0.3, 0.4) is 0 Å². The van der Waals surface area contributed by atoms with E-state index in [0.29, 0.717) is 11.5 Å². The smallest absolute Gasteiger partial charge is 0.0246 e. The van der Waals surface area contributed by atoms with E-state index in [1.807, 2.05) is 0 Å². The second-order valence-electron chi connectivity index (χ2n) is 6.53. The third-order valence-corrected chi connectivity index (χ3v) is 5.50. The second-order valence-corrected chi connectivity index (χ2v) is 6.53. The van der Waals surface area contributed by atoms with Crippen LogP contribution in [0.5, 0.6) is 0 Å². The number of terminal acetylenes is 1. The molecule has 0 heterocycles. The maximum absolute atomic E-state index is 5.53. The summed E-state index contributed by atoms with van der Waals surface area (Å²) in [6.45, 7) is 0. The van der Waals surface area contributed by atoms with Gasteiger partial charge in [-0.15, -0.1) is 12.3 Å². The summed E-state index contributed by atoms with van der Waals surface area (Å²) < 4.78 is 0. The predicted octanol–water partition coefficient (Wildman–Crippen LogP) is 2.81. The third kappa shape index (κ3) is 1.51. The maximum atomic E-state index is 5.53.